The van der Waals surface area contributed by atoms with Crippen LogP contribution in [0.5, 0.6) is 0 Å². The fourth-order valence-electron chi connectivity index (χ4n) is 4.18. The topological polar surface area (TPSA) is 89.9 Å². The lowest BCUT2D eigenvalue weighted by atomic mass is 10.1. The van der Waals surface area contributed by atoms with E-state index in [0.717, 1.165) is 32.1 Å². The summed E-state index contributed by atoms with van der Waals surface area (Å²) >= 11 is 0. The number of carbonyl (C=O) groups is 2. The van der Waals surface area contributed by atoms with Crippen molar-refractivity contribution in [3.05, 3.63) is 0 Å². The molecule has 0 spiro atoms. The molecule has 176 valence electrons. The van der Waals surface area contributed by atoms with E-state index in [1.165, 1.54) is 51.4 Å². The van der Waals surface area contributed by atoms with Crippen LogP contribution in [0.25, 0.3) is 0 Å². The zero-order valence-electron chi connectivity index (χ0n) is 19.2. The lowest BCUT2D eigenvalue weighted by Crippen LogP contribution is -2.37. The van der Waals surface area contributed by atoms with Crippen molar-refractivity contribution in [2.24, 2.45) is 0 Å². The minimum atomic E-state index is -0.517. The van der Waals surface area contributed by atoms with Crippen molar-refractivity contribution >= 4 is 11.8 Å². The Bertz CT molecular complexity index is 458. The van der Waals surface area contributed by atoms with Crippen LogP contribution >= 0.6 is 0 Å². The van der Waals surface area contributed by atoms with Gasteiger partial charge < -0.3 is 20.4 Å². The Hall–Kier alpha value is -1.14. The Labute approximate surface area is 183 Å². The van der Waals surface area contributed by atoms with Crippen molar-refractivity contribution in [2.75, 3.05) is 19.7 Å². The van der Waals surface area contributed by atoms with Crippen LogP contribution in [0.2, 0.25) is 0 Å². The van der Waals surface area contributed by atoms with E-state index < -0.39 is 6.10 Å². The van der Waals surface area contributed by atoms with Crippen molar-refractivity contribution in [1.29, 1.82) is 0 Å². The number of unbranched alkanes of at least 4 members (excludes halogenated alkanes) is 11. The summed E-state index contributed by atoms with van der Waals surface area (Å²) in [7, 11) is 0. The van der Waals surface area contributed by atoms with E-state index in [9.17, 15) is 19.8 Å². The second-order valence-electron chi connectivity index (χ2n) is 8.86. The molecule has 0 aromatic carbocycles. The molecule has 1 heterocycles. The summed E-state index contributed by atoms with van der Waals surface area (Å²) in [5.74, 6) is 0.151. The molecule has 30 heavy (non-hydrogen) atoms. The minimum absolute atomic E-state index is 0.00981. The molecule has 2 amide bonds. The van der Waals surface area contributed by atoms with E-state index in [1.807, 2.05) is 0 Å². The molecule has 6 nitrogen and oxygen atoms in total. The highest BCUT2D eigenvalue weighted by Crippen LogP contribution is 2.19. The van der Waals surface area contributed by atoms with Gasteiger partial charge in [0.2, 0.25) is 11.8 Å². The molecule has 1 fully saturated rings. The fraction of sp³-hybridized carbons (Fsp3) is 0.917. The number of carbonyl (C=O) groups excluding carboxylic acids is 2. The predicted octanol–water partition coefficient (Wildman–Crippen LogP) is 3.93. The summed E-state index contributed by atoms with van der Waals surface area (Å²) in [6.07, 6.45) is 16.3. The zero-order valence-corrected chi connectivity index (χ0v) is 19.2. The fourth-order valence-corrected chi connectivity index (χ4v) is 4.18. The Morgan fingerprint density at radius 3 is 2.07 bits per heavy atom. The van der Waals surface area contributed by atoms with Crippen LogP contribution in [-0.2, 0) is 9.59 Å². The zero-order chi connectivity index (χ0) is 22.0. The molecule has 2 atom stereocenters. The molecule has 0 radical (unpaired) electrons. The average Bonchev–Trinajstić information content (AvgIpc) is 3.12. The highest BCUT2D eigenvalue weighted by Gasteiger charge is 2.33. The smallest absolute Gasteiger partial charge is 0.222 e. The number of hydrogen-bond donors (Lipinski definition) is 3. The summed E-state index contributed by atoms with van der Waals surface area (Å²) in [5.41, 5.74) is 0. The van der Waals surface area contributed by atoms with Crippen LogP contribution in [0.1, 0.15) is 110 Å². The number of β-amino-alcohol motifs (C(OH)–C–C–N with tert-alkyl or cyclic N) is 1. The van der Waals surface area contributed by atoms with E-state index in [0.29, 0.717) is 32.4 Å². The van der Waals surface area contributed by atoms with Gasteiger partial charge in [-0.15, -0.1) is 0 Å². The van der Waals surface area contributed by atoms with Crippen LogP contribution in [0, 0.1) is 0 Å². The van der Waals surface area contributed by atoms with E-state index in [4.69, 9.17) is 0 Å². The van der Waals surface area contributed by atoms with Crippen LogP contribution < -0.4 is 5.32 Å². The number of hydrogen-bond acceptors (Lipinski definition) is 4. The number of nitrogens with zero attached hydrogens (tertiary/aromatic N) is 1. The number of nitrogens with one attached hydrogen (secondary N) is 1. The molecule has 1 aliphatic rings. The standard InChI is InChI=1S/C24H46N2O4/c1-2-3-4-5-6-7-8-9-10-12-15-23(29)25-17-14-11-13-16-24(30)26-19-22(28)18-21(26)20-27/h21-22,27-28H,2-20H2,1H3,(H,25,29)/t21-,22?/m0/s1. The third kappa shape index (κ3) is 12.5. The molecule has 3 N–H and O–H groups in total. The first-order chi connectivity index (χ1) is 14.6. The van der Waals surface area contributed by atoms with E-state index >= 15 is 0 Å². The van der Waals surface area contributed by atoms with Crippen LogP contribution in [0.4, 0.5) is 0 Å². The molecular weight excluding hydrogens is 380 g/mol. The van der Waals surface area contributed by atoms with E-state index in [-0.39, 0.29) is 24.5 Å². The maximum absolute atomic E-state index is 12.2. The molecule has 6 heteroatoms. The maximum Gasteiger partial charge on any atom is 0.222 e. The van der Waals surface area contributed by atoms with Gasteiger partial charge in [0.1, 0.15) is 0 Å². The number of likely N-dealkylation sites (tertiary alicyclic amines) is 1. The largest absolute Gasteiger partial charge is 0.394 e. The molecular formula is C24H46N2O4. The number of aliphatic hydroxyl groups excluding tert-OH is 2. The molecule has 0 aromatic heterocycles. The van der Waals surface area contributed by atoms with Gasteiger partial charge in [0.05, 0.1) is 18.8 Å². The molecule has 1 unspecified atom stereocenters. The van der Waals surface area contributed by atoms with Crippen molar-refractivity contribution in [2.45, 2.75) is 122 Å². The number of amides is 2. The summed E-state index contributed by atoms with van der Waals surface area (Å²) in [6.45, 7) is 3.16. The Morgan fingerprint density at radius 2 is 1.43 bits per heavy atom. The van der Waals surface area contributed by atoms with Crippen LogP contribution in [0.3, 0.4) is 0 Å². The number of rotatable bonds is 18. The lowest BCUT2D eigenvalue weighted by molar-refractivity contribution is -0.133. The molecule has 1 aliphatic heterocycles. The molecule has 1 rings (SSSR count). The molecule has 1 saturated heterocycles. The van der Waals surface area contributed by atoms with Gasteiger partial charge in [-0.1, -0.05) is 71.1 Å². The van der Waals surface area contributed by atoms with Gasteiger partial charge in [0.25, 0.3) is 0 Å². The first-order valence-corrected chi connectivity index (χ1v) is 12.4. The lowest BCUT2D eigenvalue weighted by Gasteiger charge is -2.22. The van der Waals surface area contributed by atoms with Crippen LogP contribution in [0.15, 0.2) is 0 Å². The minimum Gasteiger partial charge on any atom is -0.394 e. The summed E-state index contributed by atoms with van der Waals surface area (Å²) in [4.78, 5) is 25.7. The molecule has 0 bridgehead atoms. The predicted molar refractivity (Wildman–Crippen MR) is 121 cm³/mol. The molecule has 0 saturated carbocycles. The van der Waals surface area contributed by atoms with Gasteiger partial charge in [0, 0.05) is 25.9 Å². The Morgan fingerprint density at radius 1 is 0.867 bits per heavy atom. The van der Waals surface area contributed by atoms with Gasteiger partial charge in [-0.2, -0.15) is 0 Å². The van der Waals surface area contributed by atoms with E-state index in [1.54, 1.807) is 4.90 Å². The number of aliphatic hydroxyl groups is 2. The average molecular weight is 427 g/mol. The molecule has 0 aromatic rings. The third-order valence-corrected chi connectivity index (χ3v) is 6.07. The summed E-state index contributed by atoms with van der Waals surface area (Å²) in [6, 6.07) is -0.238. The Balaban J connectivity index is 1.89. The van der Waals surface area contributed by atoms with Gasteiger partial charge in [-0.3, -0.25) is 9.59 Å². The summed E-state index contributed by atoms with van der Waals surface area (Å²) < 4.78 is 0. The first-order valence-electron chi connectivity index (χ1n) is 12.4. The first kappa shape index (κ1) is 26.9. The van der Waals surface area contributed by atoms with Crippen molar-refractivity contribution in [1.82, 2.24) is 10.2 Å². The van der Waals surface area contributed by atoms with Gasteiger partial charge in [-0.25, -0.2) is 0 Å². The highest BCUT2D eigenvalue weighted by atomic mass is 16.3. The van der Waals surface area contributed by atoms with Crippen molar-refractivity contribution in [3.8, 4) is 0 Å². The van der Waals surface area contributed by atoms with Crippen LogP contribution in [-0.4, -0.2) is 58.8 Å². The molecule has 0 aliphatic carbocycles. The van der Waals surface area contributed by atoms with Crippen molar-refractivity contribution in [3.63, 3.8) is 0 Å². The SMILES string of the molecule is CCCCCCCCCCCCC(=O)NCCCCCC(=O)N1CC(O)C[C@H]1CO. The van der Waals surface area contributed by atoms with Gasteiger partial charge in [-0.05, 0) is 25.7 Å². The van der Waals surface area contributed by atoms with Crippen molar-refractivity contribution < 1.29 is 19.8 Å². The Kier molecular flexibility index (Phi) is 15.7. The highest BCUT2D eigenvalue weighted by molar-refractivity contribution is 5.77. The van der Waals surface area contributed by atoms with E-state index in [2.05, 4.69) is 12.2 Å². The summed E-state index contributed by atoms with van der Waals surface area (Å²) in [5, 5.41) is 21.9. The second kappa shape index (κ2) is 17.5. The normalized spacial score (nSPS) is 18.7. The van der Waals surface area contributed by atoms with Gasteiger partial charge >= 0.3 is 0 Å². The maximum atomic E-state index is 12.2. The monoisotopic (exact) mass is 426 g/mol. The third-order valence-electron chi connectivity index (χ3n) is 6.07. The quantitative estimate of drug-likeness (QED) is 0.290. The second-order valence-corrected chi connectivity index (χ2v) is 8.86. The van der Waals surface area contributed by atoms with Gasteiger partial charge in [0.15, 0.2) is 0 Å².